The summed E-state index contributed by atoms with van der Waals surface area (Å²) in [7, 11) is 0. The van der Waals surface area contributed by atoms with Crippen LogP contribution in [0.3, 0.4) is 0 Å². The molecule has 0 unspecified atom stereocenters. The number of nitrogens with one attached hydrogen (secondary N) is 1. The predicted molar refractivity (Wildman–Crippen MR) is 78.1 cm³/mol. The lowest BCUT2D eigenvalue weighted by atomic mass is 10.1. The Balaban J connectivity index is 2.15. The number of hydrogen-bond acceptors (Lipinski definition) is 6. The average molecular weight is 266 g/mol. The van der Waals surface area contributed by atoms with Gasteiger partial charge in [-0.15, -0.1) is 10.3 Å². The predicted octanol–water partition coefficient (Wildman–Crippen LogP) is 2.16. The molecule has 0 radical (unpaired) electrons. The van der Waals surface area contributed by atoms with Crippen LogP contribution < -0.4 is 17.0 Å². The highest BCUT2D eigenvalue weighted by Crippen LogP contribution is 2.29. The van der Waals surface area contributed by atoms with Crippen LogP contribution in [-0.2, 0) is 0 Å². The number of anilines is 1. The monoisotopic (exact) mass is 266 g/mol. The first-order valence-corrected chi connectivity index (χ1v) is 6.13. The zero-order valence-corrected chi connectivity index (χ0v) is 10.7. The number of nitrogens with two attached hydrogens (primary N) is 2. The molecule has 5 N–H and O–H groups in total. The Morgan fingerprint density at radius 2 is 1.70 bits per heavy atom. The molecule has 3 rings (SSSR count). The van der Waals surface area contributed by atoms with Crippen LogP contribution in [0.15, 0.2) is 64.9 Å². The maximum Gasteiger partial charge on any atom is 0.120 e. The molecule has 2 aromatic rings. The first kappa shape index (κ1) is 12.2. The van der Waals surface area contributed by atoms with Crippen molar-refractivity contribution in [2.75, 3.05) is 5.73 Å². The van der Waals surface area contributed by atoms with E-state index in [0.717, 1.165) is 27.7 Å². The van der Waals surface area contributed by atoms with Crippen LogP contribution in [0.25, 0.3) is 11.4 Å². The molecule has 0 atom stereocenters. The van der Waals surface area contributed by atoms with E-state index in [2.05, 4.69) is 15.8 Å². The van der Waals surface area contributed by atoms with Crippen LogP contribution in [0.2, 0.25) is 0 Å². The molecule has 0 saturated heterocycles. The van der Waals surface area contributed by atoms with E-state index in [1.54, 1.807) is 0 Å². The van der Waals surface area contributed by atoms with E-state index >= 15 is 0 Å². The maximum atomic E-state index is 5.83. The first-order valence-electron chi connectivity index (χ1n) is 6.13. The zero-order chi connectivity index (χ0) is 13.9. The van der Waals surface area contributed by atoms with E-state index in [9.17, 15) is 0 Å². The molecule has 1 aliphatic heterocycles. The van der Waals surface area contributed by atoms with Gasteiger partial charge in [0.2, 0.25) is 0 Å². The molecule has 1 heterocycles. The first-order chi connectivity index (χ1) is 9.74. The van der Waals surface area contributed by atoms with Gasteiger partial charge in [0.25, 0.3) is 0 Å². The average Bonchev–Trinajstić information content (AvgIpc) is 2.48. The molecule has 0 bridgehead atoms. The van der Waals surface area contributed by atoms with Gasteiger partial charge < -0.3 is 5.73 Å². The minimum Gasteiger partial charge on any atom is -0.399 e. The van der Waals surface area contributed by atoms with Crippen LogP contribution in [0, 0.1) is 0 Å². The van der Waals surface area contributed by atoms with Gasteiger partial charge in [-0.3, -0.25) is 5.43 Å². The van der Waals surface area contributed by atoms with E-state index in [1.807, 2.05) is 54.6 Å². The number of benzene rings is 2. The van der Waals surface area contributed by atoms with Gasteiger partial charge in [0.15, 0.2) is 0 Å². The molecule has 2 aromatic carbocycles. The van der Waals surface area contributed by atoms with Gasteiger partial charge in [0, 0.05) is 16.8 Å². The topological polar surface area (TPSA) is 92.0 Å². The molecule has 0 spiro atoms. The largest absolute Gasteiger partial charge is 0.399 e. The molecule has 1 aliphatic rings. The van der Waals surface area contributed by atoms with Crippen molar-refractivity contribution in [1.29, 1.82) is 0 Å². The van der Waals surface area contributed by atoms with Gasteiger partial charge in [-0.25, -0.2) is 5.84 Å². The number of hydrogen-bond donors (Lipinski definition) is 3. The molecule has 20 heavy (non-hydrogen) atoms. The van der Waals surface area contributed by atoms with Crippen molar-refractivity contribution in [2.45, 2.75) is 0 Å². The standard InChI is InChI=1S/C14H14N6/c15-12-8-4-7-11(9-12)14-13(17-19-20(16)18-14)10-5-2-1-3-6-10/h1-9,18H,15-16H2. The fourth-order valence-corrected chi connectivity index (χ4v) is 2.03. The van der Waals surface area contributed by atoms with Crippen molar-refractivity contribution in [3.05, 3.63) is 65.7 Å². The normalized spacial score (nSPS) is 14.3. The molecule has 0 aliphatic carbocycles. The van der Waals surface area contributed by atoms with E-state index in [0.29, 0.717) is 5.69 Å². The van der Waals surface area contributed by atoms with E-state index in [-0.39, 0.29) is 0 Å². The van der Waals surface area contributed by atoms with E-state index in [1.165, 1.54) is 0 Å². The lowest BCUT2D eigenvalue weighted by Gasteiger charge is -2.23. The summed E-state index contributed by atoms with van der Waals surface area (Å²) >= 11 is 0. The van der Waals surface area contributed by atoms with Crippen molar-refractivity contribution in [1.82, 2.24) is 10.7 Å². The molecule has 100 valence electrons. The van der Waals surface area contributed by atoms with E-state index < -0.39 is 0 Å². The molecule has 0 saturated carbocycles. The second-order valence-electron chi connectivity index (χ2n) is 4.36. The van der Waals surface area contributed by atoms with Crippen molar-refractivity contribution in [3.8, 4) is 0 Å². The molecular formula is C14H14N6. The molecule has 0 aromatic heterocycles. The third-order valence-corrected chi connectivity index (χ3v) is 2.93. The Bertz CT molecular complexity index is 677. The second-order valence-corrected chi connectivity index (χ2v) is 4.36. The van der Waals surface area contributed by atoms with Crippen molar-refractivity contribution >= 4 is 17.1 Å². The SMILES string of the molecule is Nc1cccc(C2=C(c3ccccc3)N=NN(N)N2)c1. The summed E-state index contributed by atoms with van der Waals surface area (Å²) in [5.74, 6) is 5.64. The summed E-state index contributed by atoms with van der Waals surface area (Å²) in [5, 5.41) is 9.07. The molecule has 6 heteroatoms. The Hall–Kier alpha value is -2.86. The quantitative estimate of drug-likeness (QED) is 0.573. The summed E-state index contributed by atoms with van der Waals surface area (Å²) in [5.41, 5.74) is 12.8. The zero-order valence-electron chi connectivity index (χ0n) is 10.7. The summed E-state index contributed by atoms with van der Waals surface area (Å²) in [6.07, 6.45) is 0. The van der Waals surface area contributed by atoms with Crippen LogP contribution in [-0.4, -0.2) is 5.23 Å². The van der Waals surface area contributed by atoms with E-state index in [4.69, 9.17) is 11.6 Å². The second kappa shape index (κ2) is 5.02. The number of nitrogens with zero attached hydrogens (tertiary/aromatic N) is 3. The smallest absolute Gasteiger partial charge is 0.120 e. The lowest BCUT2D eigenvalue weighted by Crippen LogP contribution is -2.39. The highest BCUT2D eigenvalue weighted by Gasteiger charge is 2.17. The van der Waals surface area contributed by atoms with Gasteiger partial charge in [-0.05, 0) is 17.4 Å². The summed E-state index contributed by atoms with van der Waals surface area (Å²) in [4.78, 5) is 0. The maximum absolute atomic E-state index is 5.83. The molecule has 6 nitrogen and oxygen atoms in total. The van der Waals surface area contributed by atoms with Crippen LogP contribution in [0.1, 0.15) is 11.1 Å². The van der Waals surface area contributed by atoms with Crippen molar-refractivity contribution in [3.63, 3.8) is 0 Å². The lowest BCUT2D eigenvalue weighted by molar-refractivity contribution is 0.224. The highest BCUT2D eigenvalue weighted by molar-refractivity contribution is 5.89. The fraction of sp³-hybridized carbons (Fsp3) is 0. The highest BCUT2D eigenvalue weighted by atomic mass is 15.9. The number of rotatable bonds is 2. The Morgan fingerprint density at radius 3 is 2.45 bits per heavy atom. The van der Waals surface area contributed by atoms with Crippen LogP contribution in [0.4, 0.5) is 5.69 Å². The van der Waals surface area contributed by atoms with Gasteiger partial charge in [0.1, 0.15) is 5.70 Å². The number of hydrazine groups is 2. The van der Waals surface area contributed by atoms with Crippen molar-refractivity contribution < 1.29 is 0 Å². The fourth-order valence-electron chi connectivity index (χ4n) is 2.03. The molecule has 0 fully saturated rings. The minimum atomic E-state index is 0.676. The minimum absolute atomic E-state index is 0.676. The third-order valence-electron chi connectivity index (χ3n) is 2.93. The van der Waals surface area contributed by atoms with Gasteiger partial charge in [-0.1, -0.05) is 42.5 Å². The van der Waals surface area contributed by atoms with Crippen molar-refractivity contribution in [2.24, 2.45) is 16.2 Å². The van der Waals surface area contributed by atoms with Gasteiger partial charge in [0.05, 0.1) is 5.70 Å². The van der Waals surface area contributed by atoms with Gasteiger partial charge in [-0.2, -0.15) is 0 Å². The molecular weight excluding hydrogens is 252 g/mol. The summed E-state index contributed by atoms with van der Waals surface area (Å²) in [6.45, 7) is 0. The van der Waals surface area contributed by atoms with Crippen LogP contribution >= 0.6 is 0 Å². The van der Waals surface area contributed by atoms with Crippen LogP contribution in [0.5, 0.6) is 0 Å². The third kappa shape index (κ3) is 2.32. The summed E-state index contributed by atoms with van der Waals surface area (Å²) in [6, 6.07) is 17.3. The summed E-state index contributed by atoms with van der Waals surface area (Å²) < 4.78 is 0. The van der Waals surface area contributed by atoms with Gasteiger partial charge >= 0.3 is 0 Å². The Morgan fingerprint density at radius 1 is 0.950 bits per heavy atom. The number of nitrogen functional groups attached to an aromatic ring is 1. The Kier molecular flexibility index (Phi) is 3.06. The molecule has 0 amide bonds. The Labute approximate surface area is 116 Å².